The van der Waals surface area contributed by atoms with E-state index in [2.05, 4.69) is 11.8 Å². The summed E-state index contributed by atoms with van der Waals surface area (Å²) in [7, 11) is 0. The molecule has 0 unspecified atom stereocenters. The lowest BCUT2D eigenvalue weighted by molar-refractivity contribution is -0.182. The first-order chi connectivity index (χ1) is 7.88. The first-order valence-corrected chi connectivity index (χ1v) is 6.84. The van der Waals surface area contributed by atoms with Crippen molar-refractivity contribution in [3.63, 3.8) is 0 Å². The zero-order valence-corrected chi connectivity index (χ0v) is 10.5. The first kappa shape index (κ1) is 12.3. The van der Waals surface area contributed by atoms with Gasteiger partial charge in [0.25, 0.3) is 0 Å². The molecule has 2 aliphatic rings. The molecular weight excluding hydrogens is 202 g/mol. The Labute approximate surface area is 99.1 Å². The maximum atomic E-state index is 5.58. The summed E-state index contributed by atoms with van der Waals surface area (Å²) in [6, 6.07) is 0. The summed E-state index contributed by atoms with van der Waals surface area (Å²) in [6.45, 7) is 7.66. The normalized spacial score (nSPS) is 22.9. The molecule has 1 heterocycles. The zero-order chi connectivity index (χ0) is 11.2. The van der Waals surface area contributed by atoms with Crippen molar-refractivity contribution in [1.29, 1.82) is 0 Å². The van der Waals surface area contributed by atoms with E-state index in [0.29, 0.717) is 0 Å². The van der Waals surface area contributed by atoms with Gasteiger partial charge in [-0.1, -0.05) is 6.92 Å². The Kier molecular flexibility index (Phi) is 5.07. The molecule has 0 N–H and O–H groups in total. The summed E-state index contributed by atoms with van der Waals surface area (Å²) < 4.78 is 11.2. The Hall–Kier alpha value is -0.120. The van der Waals surface area contributed by atoms with Gasteiger partial charge in [0, 0.05) is 19.5 Å². The predicted octanol–water partition coefficient (Wildman–Crippen LogP) is 2.26. The van der Waals surface area contributed by atoms with Crippen molar-refractivity contribution >= 4 is 0 Å². The van der Waals surface area contributed by atoms with Crippen LogP contribution in [0.4, 0.5) is 0 Å². The molecule has 0 radical (unpaired) electrons. The molecule has 3 heteroatoms. The SMILES string of the molecule is CCCN(CCC1OCCCO1)CC1CC1. The van der Waals surface area contributed by atoms with Crippen molar-refractivity contribution in [2.75, 3.05) is 32.8 Å². The molecule has 0 spiro atoms. The molecule has 1 aliphatic heterocycles. The molecule has 1 saturated heterocycles. The number of ether oxygens (including phenoxy) is 2. The van der Waals surface area contributed by atoms with E-state index < -0.39 is 0 Å². The molecule has 94 valence electrons. The van der Waals surface area contributed by atoms with Crippen LogP contribution in [0.2, 0.25) is 0 Å². The highest BCUT2D eigenvalue weighted by molar-refractivity contribution is 4.77. The van der Waals surface area contributed by atoms with E-state index in [4.69, 9.17) is 9.47 Å². The Morgan fingerprint density at radius 1 is 1.12 bits per heavy atom. The average molecular weight is 227 g/mol. The van der Waals surface area contributed by atoms with Crippen LogP contribution in [0.5, 0.6) is 0 Å². The second kappa shape index (κ2) is 6.58. The van der Waals surface area contributed by atoms with Gasteiger partial charge in [0.05, 0.1) is 13.2 Å². The van der Waals surface area contributed by atoms with E-state index in [1.807, 2.05) is 0 Å². The van der Waals surface area contributed by atoms with Crippen molar-refractivity contribution in [2.24, 2.45) is 5.92 Å². The fourth-order valence-corrected chi connectivity index (χ4v) is 2.27. The highest BCUT2D eigenvalue weighted by Gasteiger charge is 2.24. The fraction of sp³-hybridized carbons (Fsp3) is 1.00. The van der Waals surface area contributed by atoms with Gasteiger partial charge in [-0.25, -0.2) is 0 Å². The van der Waals surface area contributed by atoms with Crippen molar-refractivity contribution in [3.05, 3.63) is 0 Å². The molecule has 0 aromatic rings. The number of hydrogen-bond acceptors (Lipinski definition) is 3. The topological polar surface area (TPSA) is 21.7 Å². The van der Waals surface area contributed by atoms with Crippen LogP contribution in [0.25, 0.3) is 0 Å². The number of hydrogen-bond donors (Lipinski definition) is 0. The van der Waals surface area contributed by atoms with Crippen LogP contribution in [-0.2, 0) is 9.47 Å². The predicted molar refractivity (Wildman–Crippen MR) is 64.4 cm³/mol. The second-order valence-electron chi connectivity index (χ2n) is 5.06. The van der Waals surface area contributed by atoms with Crippen molar-refractivity contribution in [1.82, 2.24) is 4.90 Å². The van der Waals surface area contributed by atoms with Crippen LogP contribution in [-0.4, -0.2) is 44.0 Å². The van der Waals surface area contributed by atoms with E-state index in [1.165, 1.54) is 32.4 Å². The molecule has 0 aromatic heterocycles. The van der Waals surface area contributed by atoms with Gasteiger partial charge >= 0.3 is 0 Å². The monoisotopic (exact) mass is 227 g/mol. The van der Waals surface area contributed by atoms with Crippen molar-refractivity contribution in [2.45, 2.75) is 45.3 Å². The molecular formula is C13H25NO2. The molecule has 16 heavy (non-hydrogen) atoms. The molecule has 0 amide bonds. The molecule has 0 atom stereocenters. The van der Waals surface area contributed by atoms with E-state index in [0.717, 1.165) is 38.5 Å². The van der Waals surface area contributed by atoms with Crippen LogP contribution in [0.15, 0.2) is 0 Å². The third-order valence-corrected chi connectivity index (χ3v) is 3.33. The molecule has 1 saturated carbocycles. The maximum Gasteiger partial charge on any atom is 0.158 e. The van der Waals surface area contributed by atoms with Crippen LogP contribution in [0.3, 0.4) is 0 Å². The lowest BCUT2D eigenvalue weighted by atomic mass is 10.3. The molecule has 0 aromatic carbocycles. The van der Waals surface area contributed by atoms with Crippen molar-refractivity contribution in [3.8, 4) is 0 Å². The number of nitrogens with zero attached hydrogens (tertiary/aromatic N) is 1. The third-order valence-electron chi connectivity index (χ3n) is 3.33. The van der Waals surface area contributed by atoms with Crippen molar-refractivity contribution < 1.29 is 9.47 Å². The molecule has 3 nitrogen and oxygen atoms in total. The summed E-state index contributed by atoms with van der Waals surface area (Å²) in [5.41, 5.74) is 0. The van der Waals surface area contributed by atoms with Gasteiger partial charge in [0.2, 0.25) is 0 Å². The van der Waals surface area contributed by atoms with E-state index in [-0.39, 0.29) is 6.29 Å². The standard InChI is InChI=1S/C13H25NO2/c1-2-7-14(11-12-4-5-12)8-6-13-15-9-3-10-16-13/h12-13H,2-11H2,1H3. The summed E-state index contributed by atoms with van der Waals surface area (Å²) in [4.78, 5) is 2.58. The molecule has 1 aliphatic carbocycles. The van der Waals surface area contributed by atoms with Crippen LogP contribution < -0.4 is 0 Å². The first-order valence-electron chi connectivity index (χ1n) is 6.84. The molecule has 0 bridgehead atoms. The molecule has 2 rings (SSSR count). The Morgan fingerprint density at radius 3 is 2.50 bits per heavy atom. The van der Waals surface area contributed by atoms with Crippen LogP contribution in [0.1, 0.15) is 39.0 Å². The minimum absolute atomic E-state index is 0.0623. The Balaban J connectivity index is 1.63. The largest absolute Gasteiger partial charge is 0.353 e. The molecule has 2 fully saturated rings. The minimum atomic E-state index is 0.0623. The van der Waals surface area contributed by atoms with Gasteiger partial charge in [-0.15, -0.1) is 0 Å². The van der Waals surface area contributed by atoms with Crippen LogP contribution >= 0.6 is 0 Å². The Morgan fingerprint density at radius 2 is 1.88 bits per heavy atom. The second-order valence-corrected chi connectivity index (χ2v) is 5.06. The van der Waals surface area contributed by atoms with Gasteiger partial charge in [-0.2, -0.15) is 0 Å². The number of rotatable bonds is 7. The van der Waals surface area contributed by atoms with Gasteiger partial charge in [-0.3, -0.25) is 0 Å². The van der Waals surface area contributed by atoms with E-state index in [1.54, 1.807) is 0 Å². The summed E-state index contributed by atoms with van der Waals surface area (Å²) >= 11 is 0. The third kappa shape index (κ3) is 4.40. The van der Waals surface area contributed by atoms with Crippen LogP contribution in [0, 0.1) is 5.92 Å². The summed E-state index contributed by atoms with van der Waals surface area (Å²) in [5.74, 6) is 0.986. The van der Waals surface area contributed by atoms with E-state index >= 15 is 0 Å². The maximum absolute atomic E-state index is 5.58. The van der Waals surface area contributed by atoms with Gasteiger partial charge in [-0.05, 0) is 38.1 Å². The lowest BCUT2D eigenvalue weighted by Crippen LogP contribution is -2.33. The van der Waals surface area contributed by atoms with Gasteiger partial charge in [0.15, 0.2) is 6.29 Å². The zero-order valence-electron chi connectivity index (χ0n) is 10.5. The van der Waals surface area contributed by atoms with Gasteiger partial charge in [0.1, 0.15) is 0 Å². The Bertz CT molecular complexity index is 188. The smallest absolute Gasteiger partial charge is 0.158 e. The lowest BCUT2D eigenvalue weighted by Gasteiger charge is -2.27. The summed E-state index contributed by atoms with van der Waals surface area (Å²) in [5, 5.41) is 0. The van der Waals surface area contributed by atoms with Gasteiger partial charge < -0.3 is 14.4 Å². The average Bonchev–Trinajstić information content (AvgIpc) is 3.12. The fourth-order valence-electron chi connectivity index (χ4n) is 2.27. The van der Waals surface area contributed by atoms with E-state index in [9.17, 15) is 0 Å². The highest BCUT2D eigenvalue weighted by atomic mass is 16.7. The minimum Gasteiger partial charge on any atom is -0.353 e. The highest BCUT2D eigenvalue weighted by Crippen LogP contribution is 2.29. The summed E-state index contributed by atoms with van der Waals surface area (Å²) in [6.07, 6.45) is 6.28. The quantitative estimate of drug-likeness (QED) is 0.666.